The Morgan fingerprint density at radius 3 is 2.93 bits per heavy atom. The standard InChI is InChI=1S/C20H22FN3O3S/c1-14-4-5-16(9-18(14)21)28(26,27)24-8-6-20(13-24)10-17(20)19(25)23-12-15-3-2-7-22-11-15/h2-5,7,9,11,17H,6,8,10,12-13H2,1H3,(H,23,25). The number of sulfonamides is 1. The molecule has 8 heteroatoms. The van der Waals surface area contributed by atoms with Gasteiger partial charge in [-0.05, 0) is 54.5 Å². The van der Waals surface area contributed by atoms with E-state index in [9.17, 15) is 17.6 Å². The molecular weight excluding hydrogens is 381 g/mol. The lowest BCUT2D eigenvalue weighted by Gasteiger charge is -2.17. The molecule has 0 radical (unpaired) electrons. The highest BCUT2D eigenvalue weighted by Gasteiger charge is 2.62. The van der Waals surface area contributed by atoms with Crippen molar-refractivity contribution < 1.29 is 17.6 Å². The van der Waals surface area contributed by atoms with E-state index in [0.29, 0.717) is 38.0 Å². The van der Waals surface area contributed by atoms with Gasteiger partial charge in [-0.15, -0.1) is 0 Å². The molecule has 1 aliphatic heterocycles. The number of carbonyl (C=O) groups excluding carboxylic acids is 1. The molecule has 1 N–H and O–H groups in total. The maximum atomic E-state index is 13.8. The molecule has 2 unspecified atom stereocenters. The average Bonchev–Trinajstić information content (AvgIpc) is 3.21. The summed E-state index contributed by atoms with van der Waals surface area (Å²) in [6.45, 7) is 2.65. The van der Waals surface area contributed by atoms with Gasteiger partial charge in [0, 0.05) is 37.9 Å². The van der Waals surface area contributed by atoms with Gasteiger partial charge in [-0.1, -0.05) is 12.1 Å². The highest BCUT2D eigenvalue weighted by Crippen LogP contribution is 2.59. The van der Waals surface area contributed by atoms with E-state index >= 15 is 0 Å². The second-order valence-electron chi connectivity index (χ2n) is 7.70. The predicted molar refractivity (Wildman–Crippen MR) is 101 cm³/mol. The Balaban J connectivity index is 1.40. The lowest BCUT2D eigenvalue weighted by Crippen LogP contribution is -2.31. The molecule has 2 aliphatic rings. The fourth-order valence-corrected chi connectivity index (χ4v) is 5.48. The SMILES string of the molecule is Cc1ccc(S(=O)(=O)N2CCC3(CC3C(=O)NCc3cccnc3)C2)cc1F. The molecule has 2 aromatic rings. The average molecular weight is 403 g/mol. The largest absolute Gasteiger partial charge is 0.352 e. The first kappa shape index (κ1) is 19.0. The predicted octanol–water partition coefficient (Wildman–Crippen LogP) is 2.25. The first-order valence-electron chi connectivity index (χ1n) is 9.25. The molecule has 2 fully saturated rings. The summed E-state index contributed by atoms with van der Waals surface area (Å²) in [5, 5.41) is 2.91. The number of aryl methyl sites for hydroxylation is 1. The van der Waals surface area contributed by atoms with Gasteiger partial charge in [0.05, 0.1) is 4.90 Å². The first-order chi connectivity index (χ1) is 13.3. The van der Waals surface area contributed by atoms with Crippen molar-refractivity contribution in [3.63, 3.8) is 0 Å². The summed E-state index contributed by atoms with van der Waals surface area (Å²) < 4.78 is 40.9. The summed E-state index contributed by atoms with van der Waals surface area (Å²) in [6.07, 6.45) is 4.70. The number of hydrogen-bond acceptors (Lipinski definition) is 4. The highest BCUT2D eigenvalue weighted by atomic mass is 32.2. The molecule has 28 heavy (non-hydrogen) atoms. The normalized spacial score (nSPS) is 24.4. The van der Waals surface area contributed by atoms with Crippen LogP contribution in [0.4, 0.5) is 4.39 Å². The Morgan fingerprint density at radius 2 is 2.21 bits per heavy atom. The summed E-state index contributed by atoms with van der Waals surface area (Å²) in [6, 6.07) is 7.68. The molecule has 1 saturated heterocycles. The van der Waals surface area contributed by atoms with Crippen LogP contribution in [-0.2, 0) is 21.4 Å². The van der Waals surface area contributed by atoms with E-state index in [1.54, 1.807) is 19.3 Å². The Morgan fingerprint density at radius 1 is 1.39 bits per heavy atom. The van der Waals surface area contributed by atoms with Gasteiger partial charge >= 0.3 is 0 Å². The van der Waals surface area contributed by atoms with Crippen LogP contribution in [0, 0.1) is 24.1 Å². The quantitative estimate of drug-likeness (QED) is 0.831. The van der Waals surface area contributed by atoms with Gasteiger partial charge in [0.1, 0.15) is 5.82 Å². The molecule has 1 amide bonds. The lowest BCUT2D eigenvalue weighted by molar-refractivity contribution is -0.123. The Kier molecular flexibility index (Phi) is 4.71. The lowest BCUT2D eigenvalue weighted by atomic mass is 10.0. The summed E-state index contributed by atoms with van der Waals surface area (Å²) in [7, 11) is -3.76. The van der Waals surface area contributed by atoms with E-state index in [1.165, 1.54) is 16.4 Å². The number of nitrogens with zero attached hydrogens (tertiary/aromatic N) is 2. The second-order valence-corrected chi connectivity index (χ2v) is 9.64. The summed E-state index contributed by atoms with van der Waals surface area (Å²) >= 11 is 0. The Bertz CT molecular complexity index is 1010. The fraction of sp³-hybridized carbons (Fsp3) is 0.400. The molecule has 148 valence electrons. The zero-order chi connectivity index (χ0) is 19.9. The third kappa shape index (κ3) is 3.42. The molecular formula is C20H22FN3O3S. The minimum Gasteiger partial charge on any atom is -0.352 e. The Labute approximate surface area is 163 Å². The second kappa shape index (κ2) is 6.93. The van der Waals surface area contributed by atoms with Crippen LogP contribution in [0.1, 0.15) is 24.0 Å². The van der Waals surface area contributed by atoms with E-state index < -0.39 is 15.8 Å². The maximum Gasteiger partial charge on any atom is 0.243 e. The monoisotopic (exact) mass is 403 g/mol. The van der Waals surface area contributed by atoms with Gasteiger partial charge < -0.3 is 5.32 Å². The number of carbonyl (C=O) groups is 1. The van der Waals surface area contributed by atoms with Crippen LogP contribution < -0.4 is 5.32 Å². The zero-order valence-electron chi connectivity index (χ0n) is 15.6. The molecule has 1 spiro atoms. The molecule has 0 bridgehead atoms. The van der Waals surface area contributed by atoms with Crippen LogP contribution in [0.2, 0.25) is 0 Å². The molecule has 1 saturated carbocycles. The molecule has 6 nitrogen and oxygen atoms in total. The van der Waals surface area contributed by atoms with Crippen molar-refractivity contribution in [3.8, 4) is 0 Å². The summed E-state index contributed by atoms with van der Waals surface area (Å²) in [5.74, 6) is -0.766. The van der Waals surface area contributed by atoms with Gasteiger partial charge in [-0.3, -0.25) is 9.78 Å². The van der Waals surface area contributed by atoms with Crippen molar-refractivity contribution in [3.05, 3.63) is 59.7 Å². The van der Waals surface area contributed by atoms with Crippen LogP contribution >= 0.6 is 0 Å². The number of aromatic nitrogens is 1. The maximum absolute atomic E-state index is 13.8. The number of halogens is 1. The van der Waals surface area contributed by atoms with Crippen molar-refractivity contribution in [1.29, 1.82) is 0 Å². The summed E-state index contributed by atoms with van der Waals surface area (Å²) in [5.41, 5.74) is 1.03. The minimum atomic E-state index is -3.76. The molecule has 4 rings (SSSR count). The van der Waals surface area contributed by atoms with Crippen LogP contribution in [0.3, 0.4) is 0 Å². The Hall–Kier alpha value is -2.32. The minimum absolute atomic E-state index is 0.0362. The van der Waals surface area contributed by atoms with Crippen molar-refractivity contribution in [2.45, 2.75) is 31.2 Å². The number of hydrogen-bond donors (Lipinski definition) is 1. The van der Waals surface area contributed by atoms with E-state index in [1.807, 2.05) is 12.1 Å². The van der Waals surface area contributed by atoms with E-state index in [0.717, 1.165) is 11.6 Å². The first-order valence-corrected chi connectivity index (χ1v) is 10.7. The number of pyridine rings is 1. The van der Waals surface area contributed by atoms with Crippen molar-refractivity contribution in [2.24, 2.45) is 11.3 Å². The third-order valence-corrected chi connectivity index (χ3v) is 7.67. The summed E-state index contributed by atoms with van der Waals surface area (Å²) in [4.78, 5) is 16.5. The number of amides is 1. The van der Waals surface area contributed by atoms with Gasteiger partial charge in [-0.25, -0.2) is 12.8 Å². The third-order valence-electron chi connectivity index (χ3n) is 5.83. The van der Waals surface area contributed by atoms with Crippen molar-refractivity contribution in [1.82, 2.24) is 14.6 Å². The molecule has 1 aromatic carbocycles. The van der Waals surface area contributed by atoms with Crippen LogP contribution in [0.15, 0.2) is 47.6 Å². The zero-order valence-corrected chi connectivity index (χ0v) is 16.4. The van der Waals surface area contributed by atoms with E-state index in [4.69, 9.17) is 0 Å². The van der Waals surface area contributed by atoms with Crippen LogP contribution in [0.5, 0.6) is 0 Å². The van der Waals surface area contributed by atoms with Gasteiger partial charge in [0.2, 0.25) is 15.9 Å². The van der Waals surface area contributed by atoms with Crippen molar-refractivity contribution in [2.75, 3.05) is 13.1 Å². The van der Waals surface area contributed by atoms with Crippen LogP contribution in [-0.4, -0.2) is 36.7 Å². The molecule has 1 aliphatic carbocycles. The van der Waals surface area contributed by atoms with Gasteiger partial charge in [0.25, 0.3) is 0 Å². The number of nitrogens with one attached hydrogen (secondary N) is 1. The topological polar surface area (TPSA) is 79.4 Å². The van der Waals surface area contributed by atoms with E-state index in [2.05, 4.69) is 10.3 Å². The molecule has 2 heterocycles. The van der Waals surface area contributed by atoms with Crippen LogP contribution in [0.25, 0.3) is 0 Å². The van der Waals surface area contributed by atoms with Crippen molar-refractivity contribution >= 4 is 15.9 Å². The fourth-order valence-electron chi connectivity index (χ4n) is 3.93. The molecule has 2 atom stereocenters. The highest BCUT2D eigenvalue weighted by molar-refractivity contribution is 7.89. The molecule has 1 aromatic heterocycles. The number of benzene rings is 1. The van der Waals surface area contributed by atoms with E-state index in [-0.39, 0.29) is 22.1 Å². The smallest absolute Gasteiger partial charge is 0.243 e. The van der Waals surface area contributed by atoms with Gasteiger partial charge in [0.15, 0.2) is 0 Å². The van der Waals surface area contributed by atoms with Gasteiger partial charge in [-0.2, -0.15) is 4.31 Å². The number of rotatable bonds is 5.